The minimum Gasteiger partial charge on any atom is -0.486 e. The summed E-state index contributed by atoms with van der Waals surface area (Å²) in [5.41, 5.74) is 7.56. The first-order chi connectivity index (χ1) is 40.3. The normalized spacial score (nSPS) is 21.4. The largest absolute Gasteiger partial charge is 0.486 e. The number of hydrogen-bond acceptors (Lipinski definition) is 16. The first-order valence-corrected chi connectivity index (χ1v) is 29.8. The van der Waals surface area contributed by atoms with E-state index in [0.29, 0.717) is 54.3 Å². The Hall–Kier alpha value is -7.35. The number of carbonyl (C=O) groups is 2. The van der Waals surface area contributed by atoms with Gasteiger partial charge in [0.2, 0.25) is 0 Å². The molecule has 1 amide bonds. The molecule has 0 unspecified atom stereocenters. The van der Waals surface area contributed by atoms with Crippen molar-refractivity contribution in [1.82, 2.24) is 34.2 Å². The number of unbranched alkanes of at least 4 members (excludes halogenated alkanes) is 1. The van der Waals surface area contributed by atoms with Crippen LogP contribution in [0.25, 0.3) is 54.4 Å². The number of hydrogen-bond donors (Lipinski definition) is 2. The number of nitrogen functional groups attached to an aromatic ring is 1. The minimum absolute atomic E-state index is 0.000786. The number of alkyl halides is 1. The molecule has 0 aliphatic carbocycles. The summed E-state index contributed by atoms with van der Waals surface area (Å²) in [6.07, 6.45) is 2.82. The van der Waals surface area contributed by atoms with Gasteiger partial charge in [0, 0.05) is 71.5 Å². The van der Waals surface area contributed by atoms with E-state index >= 15 is 8.78 Å². The summed E-state index contributed by atoms with van der Waals surface area (Å²) < 4.78 is 68.1. The Morgan fingerprint density at radius 1 is 1.07 bits per heavy atom. The number of aliphatic hydroxyl groups is 1. The van der Waals surface area contributed by atoms with Gasteiger partial charge in [-0.05, 0) is 127 Å². The number of rotatable bonds is 16. The summed E-state index contributed by atoms with van der Waals surface area (Å²) in [6.45, 7) is 12.6. The third-order valence-electron chi connectivity index (χ3n) is 17.9. The van der Waals surface area contributed by atoms with E-state index in [1.807, 2.05) is 57.1 Å². The van der Waals surface area contributed by atoms with Gasteiger partial charge >= 0.3 is 12.0 Å². The summed E-state index contributed by atoms with van der Waals surface area (Å²) >= 11 is 7.95. The van der Waals surface area contributed by atoms with E-state index < -0.39 is 47.1 Å². The molecule has 3 aromatic carbocycles. The molecule has 84 heavy (non-hydrogen) atoms. The van der Waals surface area contributed by atoms with Crippen molar-refractivity contribution < 1.29 is 42.1 Å². The Labute approximate surface area is 492 Å². The van der Waals surface area contributed by atoms with E-state index in [-0.39, 0.29) is 134 Å². The molecule has 0 saturated carbocycles. The van der Waals surface area contributed by atoms with Crippen LogP contribution in [0.4, 0.5) is 24.0 Å². The predicted octanol–water partition coefficient (Wildman–Crippen LogP) is 9.58. The van der Waals surface area contributed by atoms with Crippen LogP contribution in [0, 0.1) is 23.0 Å². The first kappa shape index (κ1) is 57.1. The van der Waals surface area contributed by atoms with Crippen molar-refractivity contribution in [2.75, 3.05) is 70.6 Å². The number of anilines is 2. The van der Waals surface area contributed by atoms with E-state index in [4.69, 9.17) is 41.5 Å². The second-order valence-electron chi connectivity index (χ2n) is 23.2. The average molecular weight is 1190 g/mol. The maximum absolute atomic E-state index is 17.7. The molecule has 9 heterocycles. The Bertz CT molecular complexity index is 4020. The summed E-state index contributed by atoms with van der Waals surface area (Å²) in [6, 6.07) is 12.9. The van der Waals surface area contributed by atoms with Crippen LogP contribution in [0.15, 0.2) is 59.4 Å². The number of aryl methyl sites for hydroxylation is 1. The van der Waals surface area contributed by atoms with Crippen molar-refractivity contribution in [2.45, 2.75) is 115 Å². The molecule has 438 valence electrons. The quantitative estimate of drug-likeness (QED) is 0.0525. The fourth-order valence-electron chi connectivity index (χ4n) is 13.5. The highest BCUT2D eigenvalue weighted by Gasteiger charge is 2.50. The molecule has 4 aromatic heterocycles. The molecule has 0 spiro atoms. The van der Waals surface area contributed by atoms with Crippen molar-refractivity contribution in [3.8, 4) is 40.3 Å². The van der Waals surface area contributed by atoms with Crippen LogP contribution in [-0.4, -0.2) is 135 Å². The molecular formula is C62H64ClF3N10O7S. The zero-order chi connectivity index (χ0) is 59.3. The van der Waals surface area contributed by atoms with Crippen molar-refractivity contribution in [1.29, 1.82) is 5.26 Å². The molecule has 5 aliphatic heterocycles. The lowest BCUT2D eigenvalue weighted by molar-refractivity contribution is -0.172. The number of aromatic nitrogens is 4. The highest BCUT2D eigenvalue weighted by atomic mass is 35.5. The number of esters is 1. The van der Waals surface area contributed by atoms with Gasteiger partial charge in [-0.25, -0.2) is 22.9 Å². The summed E-state index contributed by atoms with van der Waals surface area (Å²) in [7, 11) is 4.01. The molecule has 0 radical (unpaired) electrons. The standard InChI is InChI=1S/C62H64ClF3N10O7S/c1-7-36-38-22-35(13-16-46(38)69-52-41(36)29-76-47(52)24-43-42(58(76)78)30-81-59(79)62(43,80)8-2)83-48(12-9-10-18-72(5)6)33(4)57(77)73-20-21-75(32(3)27-73)56-39-23-44(63)50(37-14-15-45(65)54-49(37)40(26-67)55(68)84-54)51(66)53(39)70-60(71-56)82-31-61-17-11-19-74(61)28-34(64)25-61/h13-16,22-24,32,34,48,80H,4,7-12,17-21,25,27-31,68H2,1-3,5-6H3/t32-,34+,48-,61-,62-/m0/s1. The van der Waals surface area contributed by atoms with Crippen LogP contribution in [0.3, 0.4) is 0 Å². The van der Waals surface area contributed by atoms with Gasteiger partial charge in [0.15, 0.2) is 11.4 Å². The van der Waals surface area contributed by atoms with Gasteiger partial charge in [0.05, 0.1) is 55.4 Å². The van der Waals surface area contributed by atoms with Crippen LogP contribution in [0.2, 0.25) is 5.02 Å². The minimum atomic E-state index is -1.95. The molecule has 3 saturated heterocycles. The third-order valence-corrected chi connectivity index (χ3v) is 19.2. The highest BCUT2D eigenvalue weighted by molar-refractivity contribution is 7.23. The smallest absolute Gasteiger partial charge is 0.343 e. The van der Waals surface area contributed by atoms with Gasteiger partial charge < -0.3 is 44.3 Å². The molecule has 12 rings (SSSR count). The fourth-order valence-corrected chi connectivity index (χ4v) is 14.7. The Kier molecular flexibility index (Phi) is 14.9. The SMILES string of the molecule is C=C(C(=O)N1CCN(c2nc(OC[C@@]34CCCN3C[C@H](F)C4)nc3c(F)c(-c4ccc(F)c5sc(N)c(C#N)c45)c(Cl)cc23)[C@@H](C)C1)[C@H](CCCCN(C)C)Oc1ccc2nc3c(c(CC)c2c1)Cn1c-3cc2c(c1=O)COC(=O)[C@]2(O)CC. The number of ether oxygens (including phenoxy) is 3. The maximum Gasteiger partial charge on any atom is 0.343 e. The lowest BCUT2D eigenvalue weighted by Crippen LogP contribution is -2.55. The van der Waals surface area contributed by atoms with Gasteiger partial charge in [-0.15, -0.1) is 11.3 Å². The number of fused-ring (bicyclic) bond motifs is 8. The van der Waals surface area contributed by atoms with Crippen LogP contribution in [-0.2, 0) is 39.5 Å². The maximum atomic E-state index is 17.7. The van der Waals surface area contributed by atoms with E-state index in [0.717, 1.165) is 60.2 Å². The average Bonchev–Trinajstić information content (AvgIpc) is 1.58. The van der Waals surface area contributed by atoms with Gasteiger partial charge in [-0.1, -0.05) is 38.1 Å². The van der Waals surface area contributed by atoms with Crippen LogP contribution < -0.4 is 25.7 Å². The highest BCUT2D eigenvalue weighted by Crippen LogP contribution is 2.48. The molecule has 17 nitrogen and oxygen atoms in total. The fraction of sp³-hybridized carbons (Fsp3) is 0.435. The number of cyclic esters (lactones) is 1. The number of nitrogens with two attached hydrogens (primary N) is 1. The number of halogens is 4. The molecule has 3 N–H and O–H groups in total. The molecule has 7 aromatic rings. The number of amides is 1. The molecule has 3 fully saturated rings. The van der Waals surface area contributed by atoms with E-state index in [9.17, 15) is 29.1 Å². The number of carbonyl (C=O) groups excluding carboxylic acids is 2. The monoisotopic (exact) mass is 1180 g/mol. The summed E-state index contributed by atoms with van der Waals surface area (Å²) in [5, 5.41) is 22.8. The van der Waals surface area contributed by atoms with Gasteiger partial charge in [0.1, 0.15) is 59.5 Å². The number of piperazine rings is 1. The second kappa shape index (κ2) is 21.9. The number of nitrogens with zero attached hydrogens (tertiary/aromatic N) is 9. The second-order valence-corrected chi connectivity index (χ2v) is 24.6. The number of pyridine rings is 2. The van der Waals surface area contributed by atoms with Crippen molar-refractivity contribution in [2.24, 2.45) is 0 Å². The van der Waals surface area contributed by atoms with Gasteiger partial charge in [0.25, 0.3) is 11.5 Å². The molecule has 22 heteroatoms. The molecule has 0 bridgehead atoms. The van der Waals surface area contributed by atoms with Crippen molar-refractivity contribution >= 4 is 77.5 Å². The van der Waals surface area contributed by atoms with Crippen LogP contribution >= 0.6 is 22.9 Å². The zero-order valence-corrected chi connectivity index (χ0v) is 49.0. The third kappa shape index (κ3) is 9.48. The molecular weight excluding hydrogens is 1120 g/mol. The Morgan fingerprint density at radius 3 is 2.63 bits per heavy atom. The topological polar surface area (TPSA) is 206 Å². The lowest BCUT2D eigenvalue weighted by Gasteiger charge is -2.41. The molecule has 5 aliphatic rings. The number of nitriles is 1. The van der Waals surface area contributed by atoms with Gasteiger partial charge in [-0.2, -0.15) is 15.2 Å². The zero-order valence-electron chi connectivity index (χ0n) is 47.4. The number of benzene rings is 3. The van der Waals surface area contributed by atoms with Crippen molar-refractivity contribution in [3.05, 3.63) is 109 Å². The summed E-state index contributed by atoms with van der Waals surface area (Å²) in [4.78, 5) is 64.3. The van der Waals surface area contributed by atoms with Crippen LogP contribution in [0.1, 0.15) is 93.5 Å². The Balaban J connectivity index is 0.839. The first-order valence-electron chi connectivity index (χ1n) is 28.6. The number of thiophene rings is 1. The molecule has 5 atom stereocenters. The van der Waals surface area contributed by atoms with E-state index in [2.05, 4.69) is 21.4 Å². The lowest BCUT2D eigenvalue weighted by atomic mass is 9.86. The Morgan fingerprint density at radius 2 is 1.88 bits per heavy atom. The predicted molar refractivity (Wildman–Crippen MR) is 316 cm³/mol. The van der Waals surface area contributed by atoms with E-state index in [1.54, 1.807) is 28.5 Å². The van der Waals surface area contributed by atoms with Gasteiger partial charge in [-0.3, -0.25) is 14.5 Å². The van der Waals surface area contributed by atoms with E-state index in [1.165, 1.54) is 12.1 Å². The summed E-state index contributed by atoms with van der Waals surface area (Å²) in [5.74, 6) is -1.76. The van der Waals surface area contributed by atoms with Crippen LogP contribution in [0.5, 0.6) is 11.8 Å². The van der Waals surface area contributed by atoms with Crippen molar-refractivity contribution in [3.63, 3.8) is 0 Å².